The molecule has 0 fully saturated rings. The minimum atomic E-state index is -0.601. The van der Waals surface area contributed by atoms with Gasteiger partial charge in [-0.05, 0) is 26.0 Å². The van der Waals surface area contributed by atoms with Crippen LogP contribution in [0.5, 0.6) is 0 Å². The van der Waals surface area contributed by atoms with Crippen LogP contribution >= 0.6 is 0 Å². The molecule has 0 radical (unpaired) electrons. The van der Waals surface area contributed by atoms with Crippen molar-refractivity contribution in [1.29, 1.82) is 0 Å². The van der Waals surface area contributed by atoms with Gasteiger partial charge in [-0.15, -0.1) is 0 Å². The Kier molecular flexibility index (Phi) is 2.24. The molecule has 0 aromatic carbocycles. The van der Waals surface area contributed by atoms with Gasteiger partial charge in [-0.25, -0.2) is 0 Å². The van der Waals surface area contributed by atoms with Crippen molar-refractivity contribution >= 4 is 0 Å². The maximum atomic E-state index is 5.84. The van der Waals surface area contributed by atoms with E-state index >= 15 is 0 Å². The molecule has 78 valence electrons. The summed E-state index contributed by atoms with van der Waals surface area (Å²) in [5, 5.41) is 3.81. The van der Waals surface area contributed by atoms with Crippen LogP contribution in [0.1, 0.15) is 19.7 Å². The van der Waals surface area contributed by atoms with Crippen LogP contribution in [0.25, 0.3) is 11.6 Å². The van der Waals surface area contributed by atoms with Gasteiger partial charge in [-0.2, -0.15) is 4.98 Å². The number of pyridine rings is 1. The van der Waals surface area contributed by atoms with Crippen LogP contribution in [0.3, 0.4) is 0 Å². The molecule has 15 heavy (non-hydrogen) atoms. The smallest absolute Gasteiger partial charge is 0.276 e. The van der Waals surface area contributed by atoms with E-state index in [1.54, 1.807) is 12.3 Å². The highest BCUT2D eigenvalue weighted by Gasteiger charge is 2.22. The molecule has 0 aliphatic heterocycles. The topological polar surface area (TPSA) is 77.8 Å². The van der Waals surface area contributed by atoms with Gasteiger partial charge < -0.3 is 10.3 Å². The van der Waals surface area contributed by atoms with Crippen LogP contribution < -0.4 is 5.73 Å². The first kappa shape index (κ1) is 9.79. The summed E-state index contributed by atoms with van der Waals surface area (Å²) in [5.41, 5.74) is 5.90. The van der Waals surface area contributed by atoms with Gasteiger partial charge in [-0.3, -0.25) is 4.98 Å². The lowest BCUT2D eigenvalue weighted by molar-refractivity contribution is 0.396. The van der Waals surface area contributed by atoms with Gasteiger partial charge in [0.05, 0.1) is 5.54 Å². The molecule has 5 heteroatoms. The van der Waals surface area contributed by atoms with E-state index in [0.29, 0.717) is 17.4 Å². The van der Waals surface area contributed by atoms with E-state index in [2.05, 4.69) is 15.1 Å². The third-order valence-corrected chi connectivity index (χ3v) is 1.89. The summed E-state index contributed by atoms with van der Waals surface area (Å²) in [7, 11) is 0. The quantitative estimate of drug-likeness (QED) is 0.798. The lowest BCUT2D eigenvalue weighted by atomic mass is 10.1. The highest BCUT2D eigenvalue weighted by Crippen LogP contribution is 2.18. The second kappa shape index (κ2) is 3.43. The first-order valence-corrected chi connectivity index (χ1v) is 4.62. The van der Waals surface area contributed by atoms with Crippen molar-refractivity contribution in [2.24, 2.45) is 5.73 Å². The summed E-state index contributed by atoms with van der Waals surface area (Å²) in [5.74, 6) is 0.868. The zero-order valence-electron chi connectivity index (χ0n) is 8.64. The van der Waals surface area contributed by atoms with E-state index in [1.807, 2.05) is 26.0 Å². The Bertz CT molecular complexity index is 444. The molecule has 2 aromatic rings. The molecule has 0 aliphatic rings. The summed E-state index contributed by atoms with van der Waals surface area (Å²) >= 11 is 0. The van der Waals surface area contributed by atoms with Crippen molar-refractivity contribution in [1.82, 2.24) is 15.1 Å². The molecule has 0 bridgehead atoms. The molecule has 0 atom stereocenters. The predicted molar refractivity (Wildman–Crippen MR) is 54.7 cm³/mol. The largest absolute Gasteiger partial charge is 0.332 e. The molecule has 2 aromatic heterocycles. The zero-order valence-corrected chi connectivity index (χ0v) is 8.64. The summed E-state index contributed by atoms with van der Waals surface area (Å²) < 4.78 is 5.07. The van der Waals surface area contributed by atoms with E-state index < -0.39 is 5.54 Å². The molecular formula is C10H12N4O. The lowest BCUT2D eigenvalue weighted by Gasteiger charge is -2.11. The molecule has 0 unspecified atom stereocenters. The van der Waals surface area contributed by atoms with Crippen LogP contribution in [0.15, 0.2) is 28.9 Å². The van der Waals surface area contributed by atoms with Gasteiger partial charge in [0, 0.05) is 6.20 Å². The molecule has 5 nitrogen and oxygen atoms in total. The number of nitrogens with zero attached hydrogens (tertiary/aromatic N) is 3. The SMILES string of the molecule is CC(C)(N)c1noc(-c2ccccn2)n1. The normalized spacial score (nSPS) is 11.7. The Balaban J connectivity index is 2.37. The van der Waals surface area contributed by atoms with Crippen molar-refractivity contribution in [3.8, 4) is 11.6 Å². The first-order chi connectivity index (χ1) is 7.07. The Morgan fingerprint density at radius 2 is 2.13 bits per heavy atom. The van der Waals surface area contributed by atoms with Crippen LogP contribution in [0.2, 0.25) is 0 Å². The zero-order chi connectivity index (χ0) is 10.9. The fourth-order valence-electron chi connectivity index (χ4n) is 1.08. The minimum Gasteiger partial charge on any atom is -0.332 e. The lowest BCUT2D eigenvalue weighted by Crippen LogP contribution is -2.30. The Hall–Kier alpha value is -1.75. The van der Waals surface area contributed by atoms with E-state index in [0.717, 1.165) is 0 Å². The van der Waals surface area contributed by atoms with Crippen LogP contribution in [0.4, 0.5) is 0 Å². The number of nitrogens with two attached hydrogens (primary N) is 1. The summed E-state index contributed by atoms with van der Waals surface area (Å²) in [4.78, 5) is 8.29. The Labute approximate surface area is 87.3 Å². The fourth-order valence-corrected chi connectivity index (χ4v) is 1.08. The second-order valence-corrected chi connectivity index (χ2v) is 3.86. The van der Waals surface area contributed by atoms with Gasteiger partial charge in [0.15, 0.2) is 5.82 Å². The molecule has 0 saturated heterocycles. The molecule has 0 aliphatic carbocycles. The Morgan fingerprint density at radius 3 is 2.67 bits per heavy atom. The van der Waals surface area contributed by atoms with Gasteiger partial charge in [0.1, 0.15) is 5.69 Å². The third kappa shape index (κ3) is 2.02. The molecule has 0 saturated carbocycles. The van der Waals surface area contributed by atoms with Gasteiger partial charge in [0.25, 0.3) is 5.89 Å². The number of rotatable bonds is 2. The van der Waals surface area contributed by atoms with Crippen molar-refractivity contribution in [3.05, 3.63) is 30.2 Å². The summed E-state index contributed by atoms with van der Waals surface area (Å²) in [6.45, 7) is 3.64. The van der Waals surface area contributed by atoms with E-state index in [-0.39, 0.29) is 0 Å². The van der Waals surface area contributed by atoms with Crippen molar-refractivity contribution < 1.29 is 4.52 Å². The van der Waals surface area contributed by atoms with Crippen LogP contribution in [-0.2, 0) is 5.54 Å². The molecule has 0 amide bonds. The number of hydrogen-bond donors (Lipinski definition) is 1. The van der Waals surface area contributed by atoms with Crippen molar-refractivity contribution in [2.75, 3.05) is 0 Å². The highest BCUT2D eigenvalue weighted by molar-refractivity contribution is 5.45. The van der Waals surface area contributed by atoms with Gasteiger partial charge >= 0.3 is 0 Å². The van der Waals surface area contributed by atoms with Gasteiger partial charge in [-0.1, -0.05) is 11.2 Å². The molecule has 2 rings (SSSR count). The fraction of sp³-hybridized carbons (Fsp3) is 0.300. The average molecular weight is 204 g/mol. The van der Waals surface area contributed by atoms with E-state index in [4.69, 9.17) is 10.3 Å². The Morgan fingerprint density at radius 1 is 1.33 bits per heavy atom. The van der Waals surface area contributed by atoms with E-state index in [1.165, 1.54) is 0 Å². The van der Waals surface area contributed by atoms with Crippen LogP contribution in [-0.4, -0.2) is 15.1 Å². The third-order valence-electron chi connectivity index (χ3n) is 1.89. The van der Waals surface area contributed by atoms with Crippen molar-refractivity contribution in [3.63, 3.8) is 0 Å². The summed E-state index contributed by atoms with van der Waals surface area (Å²) in [6, 6.07) is 5.49. The average Bonchev–Trinajstić information content (AvgIpc) is 2.67. The number of hydrogen-bond acceptors (Lipinski definition) is 5. The summed E-state index contributed by atoms with van der Waals surface area (Å²) in [6.07, 6.45) is 1.67. The van der Waals surface area contributed by atoms with Crippen LogP contribution in [0, 0.1) is 0 Å². The molecule has 2 heterocycles. The van der Waals surface area contributed by atoms with Crippen molar-refractivity contribution in [2.45, 2.75) is 19.4 Å². The maximum Gasteiger partial charge on any atom is 0.276 e. The number of aromatic nitrogens is 3. The minimum absolute atomic E-state index is 0.393. The first-order valence-electron chi connectivity index (χ1n) is 4.62. The molecule has 0 spiro atoms. The maximum absolute atomic E-state index is 5.84. The highest BCUT2D eigenvalue weighted by atomic mass is 16.5. The predicted octanol–water partition coefficient (Wildman–Crippen LogP) is 1.33. The molecular weight excluding hydrogens is 192 g/mol. The second-order valence-electron chi connectivity index (χ2n) is 3.86. The standard InChI is InChI=1S/C10H12N4O/c1-10(2,11)9-13-8(15-14-9)7-5-3-4-6-12-7/h3-6H,11H2,1-2H3. The van der Waals surface area contributed by atoms with Gasteiger partial charge in [0.2, 0.25) is 0 Å². The van der Waals surface area contributed by atoms with E-state index in [9.17, 15) is 0 Å². The molecule has 2 N–H and O–H groups in total. The monoisotopic (exact) mass is 204 g/mol.